The molecule has 0 radical (unpaired) electrons. The van der Waals surface area contributed by atoms with Crippen LogP contribution in [0.15, 0.2) is 91.3 Å². The first-order valence-electron chi connectivity index (χ1n) is 11.5. The lowest BCUT2D eigenvalue weighted by Crippen LogP contribution is -2.34. The van der Waals surface area contributed by atoms with Crippen molar-refractivity contribution in [3.8, 4) is 39.5 Å². The highest BCUT2D eigenvalue weighted by molar-refractivity contribution is 5.73. The molecule has 0 saturated heterocycles. The van der Waals surface area contributed by atoms with Gasteiger partial charge in [0.2, 0.25) is 0 Å². The van der Waals surface area contributed by atoms with E-state index in [4.69, 9.17) is 19.4 Å². The highest BCUT2D eigenvalue weighted by atomic mass is 19.4. The number of rotatable bonds is 7. The van der Waals surface area contributed by atoms with Crippen molar-refractivity contribution in [3.05, 3.63) is 96.8 Å². The van der Waals surface area contributed by atoms with Crippen molar-refractivity contribution in [3.63, 3.8) is 0 Å². The average molecular weight is 527 g/mol. The van der Waals surface area contributed by atoms with Gasteiger partial charge in [-0.05, 0) is 59.2 Å². The average Bonchev–Trinajstić information content (AvgIpc) is 2.92. The Kier molecular flexibility index (Phi) is 9.32. The van der Waals surface area contributed by atoms with E-state index in [-0.39, 0.29) is 0 Å². The van der Waals surface area contributed by atoms with Crippen LogP contribution < -0.4 is 14.0 Å². The van der Waals surface area contributed by atoms with Gasteiger partial charge in [0.25, 0.3) is 0 Å². The largest absolute Gasteiger partial charge is 0.508 e. The summed E-state index contributed by atoms with van der Waals surface area (Å²) in [4.78, 5) is 8.90. The van der Waals surface area contributed by atoms with Crippen molar-refractivity contribution in [2.24, 2.45) is 0 Å². The van der Waals surface area contributed by atoms with Crippen molar-refractivity contribution in [2.75, 3.05) is 14.2 Å². The maximum absolute atomic E-state index is 10.6. The molecule has 2 N–H and O–H groups in total. The number of benzene rings is 3. The van der Waals surface area contributed by atoms with Gasteiger partial charge in [-0.1, -0.05) is 36.4 Å². The maximum Gasteiger partial charge on any atom is 0.490 e. The molecule has 0 fully saturated rings. The van der Waals surface area contributed by atoms with Crippen LogP contribution in [-0.4, -0.2) is 36.6 Å². The third kappa shape index (κ3) is 7.99. The van der Waals surface area contributed by atoms with Crippen molar-refractivity contribution in [1.82, 2.24) is 0 Å². The molecule has 9 heteroatoms. The highest BCUT2D eigenvalue weighted by Crippen LogP contribution is 2.27. The zero-order chi connectivity index (χ0) is 27.7. The maximum atomic E-state index is 10.6. The van der Waals surface area contributed by atoms with E-state index in [1.54, 1.807) is 26.4 Å². The first-order valence-corrected chi connectivity index (χ1v) is 11.5. The number of phenolic OH excluding ortho intramolecular Hbond substituents is 1. The number of halogens is 3. The minimum Gasteiger partial charge on any atom is -0.508 e. The van der Waals surface area contributed by atoms with E-state index < -0.39 is 12.1 Å². The third-order valence-electron chi connectivity index (χ3n) is 5.61. The predicted molar refractivity (Wildman–Crippen MR) is 136 cm³/mol. The number of phenols is 1. The van der Waals surface area contributed by atoms with E-state index in [1.165, 1.54) is 5.56 Å². The summed E-state index contributed by atoms with van der Waals surface area (Å²) in [5, 5.41) is 16.6. The zero-order valence-corrected chi connectivity index (χ0v) is 20.8. The Morgan fingerprint density at radius 1 is 0.763 bits per heavy atom. The molecular weight excluding hydrogens is 499 g/mol. The van der Waals surface area contributed by atoms with Gasteiger partial charge in [0.05, 0.1) is 14.2 Å². The molecule has 38 heavy (non-hydrogen) atoms. The number of aryl methyl sites for hydroxylation is 2. The summed E-state index contributed by atoms with van der Waals surface area (Å²) in [6, 6.07) is 25.9. The van der Waals surface area contributed by atoms with Gasteiger partial charge in [0, 0.05) is 17.5 Å². The lowest BCUT2D eigenvalue weighted by molar-refractivity contribution is -0.695. The molecule has 0 amide bonds. The number of ether oxygens (including phenoxy) is 2. The first kappa shape index (κ1) is 28.0. The number of methoxy groups -OCH3 is 2. The van der Waals surface area contributed by atoms with E-state index in [2.05, 4.69) is 47.3 Å². The standard InChI is InChI=1S/C27H25NO3.C2HF3O2/c1-30-26-11-5-21(6-12-26)23-17-24(22-7-13-27(31-2)14-8-22)19-28(18-23)16-15-20-3-9-25(29)10-4-20;3-2(4,5)1(6)7/h3-14,17-19H,15-16H2,1-2H3;(H,6,7)/p+1. The van der Waals surface area contributed by atoms with Gasteiger partial charge in [0.1, 0.15) is 17.2 Å². The molecule has 0 spiro atoms. The Bertz CT molecular complexity index is 1270. The second kappa shape index (κ2) is 12.6. The molecule has 198 valence electrons. The Balaban J connectivity index is 0.000000505. The summed E-state index contributed by atoms with van der Waals surface area (Å²) < 4.78 is 44.6. The van der Waals surface area contributed by atoms with E-state index in [1.807, 2.05) is 36.4 Å². The number of hydrogen-bond donors (Lipinski definition) is 2. The van der Waals surface area contributed by atoms with Gasteiger partial charge >= 0.3 is 12.1 Å². The molecular formula is C29H27F3NO5+. The minimum atomic E-state index is -5.08. The van der Waals surface area contributed by atoms with Gasteiger partial charge in [-0.2, -0.15) is 13.2 Å². The van der Waals surface area contributed by atoms with Crippen LogP contribution in [-0.2, 0) is 17.8 Å². The molecule has 3 aromatic carbocycles. The van der Waals surface area contributed by atoms with E-state index in [0.717, 1.165) is 46.7 Å². The lowest BCUT2D eigenvalue weighted by atomic mass is 10.0. The molecule has 1 heterocycles. The summed E-state index contributed by atoms with van der Waals surface area (Å²) in [6.07, 6.45) is 0.142. The Labute approximate surface area is 218 Å². The normalized spacial score (nSPS) is 10.8. The number of carbonyl (C=O) groups is 1. The van der Waals surface area contributed by atoms with Crippen molar-refractivity contribution >= 4 is 5.97 Å². The molecule has 0 saturated carbocycles. The number of aromatic hydroxyl groups is 1. The molecule has 0 bridgehead atoms. The first-order chi connectivity index (χ1) is 18.1. The molecule has 0 atom stereocenters. The van der Waals surface area contributed by atoms with Crippen LogP contribution in [0.25, 0.3) is 22.3 Å². The van der Waals surface area contributed by atoms with Gasteiger partial charge in [-0.15, -0.1) is 0 Å². The molecule has 6 nitrogen and oxygen atoms in total. The number of pyridine rings is 1. The SMILES string of the molecule is COc1ccc(-c2cc(-c3ccc(OC)cc3)c[n+](CCc3ccc(O)cc3)c2)cc1.O=C(O)C(F)(F)F. The van der Waals surface area contributed by atoms with Crippen LogP contribution in [0.5, 0.6) is 17.2 Å². The van der Waals surface area contributed by atoms with E-state index >= 15 is 0 Å². The third-order valence-corrected chi connectivity index (χ3v) is 5.61. The molecule has 1 aromatic heterocycles. The van der Waals surface area contributed by atoms with Gasteiger partial charge < -0.3 is 19.7 Å². The zero-order valence-electron chi connectivity index (χ0n) is 20.8. The van der Waals surface area contributed by atoms with Gasteiger partial charge in [-0.25, -0.2) is 9.36 Å². The summed E-state index contributed by atoms with van der Waals surface area (Å²) in [5.74, 6) is -0.780. The Morgan fingerprint density at radius 3 is 1.55 bits per heavy atom. The molecule has 4 aromatic rings. The number of aromatic nitrogens is 1. The topological polar surface area (TPSA) is 79.9 Å². The fourth-order valence-electron chi connectivity index (χ4n) is 3.57. The molecule has 0 unspecified atom stereocenters. The Morgan fingerprint density at radius 2 is 1.18 bits per heavy atom. The summed E-state index contributed by atoms with van der Waals surface area (Å²) in [7, 11) is 3.35. The second-order valence-electron chi connectivity index (χ2n) is 8.23. The van der Waals surface area contributed by atoms with E-state index in [0.29, 0.717) is 5.75 Å². The smallest absolute Gasteiger partial charge is 0.490 e. The van der Waals surface area contributed by atoms with E-state index in [9.17, 15) is 18.3 Å². The van der Waals surface area contributed by atoms with Crippen LogP contribution in [0.4, 0.5) is 13.2 Å². The fourth-order valence-corrected chi connectivity index (χ4v) is 3.57. The number of aliphatic carboxylic acids is 1. The highest BCUT2D eigenvalue weighted by Gasteiger charge is 2.38. The summed E-state index contributed by atoms with van der Waals surface area (Å²) >= 11 is 0. The van der Waals surface area contributed by atoms with Crippen molar-refractivity contribution in [2.45, 2.75) is 19.1 Å². The number of alkyl halides is 3. The number of hydrogen-bond acceptors (Lipinski definition) is 4. The quantitative estimate of drug-likeness (QED) is 0.293. The number of carboxylic acid groups (broad SMARTS) is 1. The van der Waals surface area contributed by atoms with Crippen LogP contribution in [0, 0.1) is 0 Å². The van der Waals surface area contributed by atoms with Crippen LogP contribution >= 0.6 is 0 Å². The second-order valence-corrected chi connectivity index (χ2v) is 8.23. The summed E-state index contributed by atoms with van der Waals surface area (Å²) in [5.41, 5.74) is 5.73. The number of nitrogens with zero attached hydrogens (tertiary/aromatic N) is 1. The van der Waals surface area contributed by atoms with Gasteiger partial charge in [-0.3, -0.25) is 0 Å². The predicted octanol–water partition coefficient (Wildman–Crippen LogP) is 5.91. The molecule has 0 aliphatic carbocycles. The van der Waals surface area contributed by atoms with Gasteiger partial charge in [0.15, 0.2) is 18.9 Å². The molecule has 0 aliphatic rings. The minimum absolute atomic E-state index is 0.291. The van der Waals surface area contributed by atoms with Crippen LogP contribution in [0.3, 0.4) is 0 Å². The van der Waals surface area contributed by atoms with Crippen molar-refractivity contribution < 1.29 is 42.2 Å². The monoisotopic (exact) mass is 526 g/mol. The number of carboxylic acids is 1. The lowest BCUT2D eigenvalue weighted by Gasteiger charge is -2.08. The van der Waals surface area contributed by atoms with Crippen molar-refractivity contribution in [1.29, 1.82) is 0 Å². The molecule has 0 aliphatic heterocycles. The Hall–Kier alpha value is -4.53. The summed E-state index contributed by atoms with van der Waals surface area (Å²) in [6.45, 7) is 0.831. The fraction of sp³-hybridized carbons (Fsp3) is 0.172. The van der Waals surface area contributed by atoms with Crippen LogP contribution in [0.2, 0.25) is 0 Å². The molecule has 4 rings (SSSR count). The van der Waals surface area contributed by atoms with Crippen LogP contribution in [0.1, 0.15) is 5.56 Å².